The van der Waals surface area contributed by atoms with Crippen LogP contribution in [0.3, 0.4) is 0 Å². The standard InChI is InChI=1S/C25H29N5O2/c1-25(2,3)24(32)26-20-13-11-18(12-14-20)22-27-23(19-9-5-4-6-10-19)30(28-22)17-21(31)29-15-7-8-16-29/h4-6,9-14H,7-8,15-17H2,1-3H3,(H,26,32). The number of carbonyl (C=O) groups is 2. The summed E-state index contributed by atoms with van der Waals surface area (Å²) in [7, 11) is 0. The van der Waals surface area contributed by atoms with E-state index in [1.165, 1.54) is 0 Å². The van der Waals surface area contributed by atoms with Crippen molar-refractivity contribution < 1.29 is 9.59 Å². The molecule has 2 aromatic carbocycles. The third-order valence-corrected chi connectivity index (χ3v) is 5.53. The number of anilines is 1. The normalized spacial score (nSPS) is 13.9. The smallest absolute Gasteiger partial charge is 0.244 e. The van der Waals surface area contributed by atoms with Gasteiger partial charge in [0.1, 0.15) is 6.54 Å². The zero-order valence-electron chi connectivity index (χ0n) is 18.8. The maximum absolute atomic E-state index is 12.8. The average Bonchev–Trinajstić information content (AvgIpc) is 3.45. The molecule has 1 saturated heterocycles. The Morgan fingerprint density at radius 1 is 0.938 bits per heavy atom. The van der Waals surface area contributed by atoms with Crippen LogP contribution in [-0.4, -0.2) is 44.6 Å². The molecule has 0 atom stereocenters. The third-order valence-electron chi connectivity index (χ3n) is 5.53. The highest BCUT2D eigenvalue weighted by molar-refractivity contribution is 5.94. The monoisotopic (exact) mass is 431 g/mol. The molecule has 2 heterocycles. The van der Waals surface area contributed by atoms with Crippen LogP contribution in [0.25, 0.3) is 22.8 Å². The fraction of sp³-hybridized carbons (Fsp3) is 0.360. The summed E-state index contributed by atoms with van der Waals surface area (Å²) in [4.78, 5) is 31.6. The number of nitrogens with zero attached hydrogens (tertiary/aromatic N) is 4. The summed E-state index contributed by atoms with van der Waals surface area (Å²) >= 11 is 0. The van der Waals surface area contributed by atoms with E-state index in [0.717, 1.165) is 42.7 Å². The van der Waals surface area contributed by atoms with Crippen molar-refractivity contribution in [3.05, 3.63) is 54.6 Å². The molecule has 0 saturated carbocycles. The fourth-order valence-electron chi connectivity index (χ4n) is 3.59. The average molecular weight is 432 g/mol. The maximum atomic E-state index is 12.8. The number of hydrogen-bond acceptors (Lipinski definition) is 4. The Hall–Kier alpha value is -3.48. The van der Waals surface area contributed by atoms with E-state index in [-0.39, 0.29) is 18.4 Å². The zero-order valence-corrected chi connectivity index (χ0v) is 18.8. The largest absolute Gasteiger partial charge is 0.341 e. The molecule has 4 rings (SSSR count). The minimum absolute atomic E-state index is 0.0422. The van der Waals surface area contributed by atoms with Gasteiger partial charge in [0, 0.05) is 35.3 Å². The van der Waals surface area contributed by atoms with Gasteiger partial charge in [-0.1, -0.05) is 51.1 Å². The highest BCUT2D eigenvalue weighted by atomic mass is 16.2. The predicted molar refractivity (Wildman–Crippen MR) is 125 cm³/mol. The molecule has 32 heavy (non-hydrogen) atoms. The molecule has 0 spiro atoms. The van der Waals surface area contributed by atoms with E-state index < -0.39 is 5.41 Å². The van der Waals surface area contributed by atoms with Crippen molar-refractivity contribution in [2.24, 2.45) is 5.41 Å². The highest BCUT2D eigenvalue weighted by Crippen LogP contribution is 2.25. The Kier molecular flexibility index (Phi) is 6.08. The molecule has 0 bridgehead atoms. The first-order valence-electron chi connectivity index (χ1n) is 11.0. The van der Waals surface area contributed by atoms with Crippen molar-refractivity contribution in [3.63, 3.8) is 0 Å². The van der Waals surface area contributed by atoms with E-state index in [1.807, 2.05) is 80.3 Å². The summed E-state index contributed by atoms with van der Waals surface area (Å²) in [6.07, 6.45) is 2.11. The lowest BCUT2D eigenvalue weighted by atomic mass is 9.95. The van der Waals surface area contributed by atoms with Gasteiger partial charge < -0.3 is 10.2 Å². The van der Waals surface area contributed by atoms with Crippen molar-refractivity contribution in [2.75, 3.05) is 18.4 Å². The molecule has 1 aromatic heterocycles. The van der Waals surface area contributed by atoms with Gasteiger partial charge >= 0.3 is 0 Å². The van der Waals surface area contributed by atoms with Crippen molar-refractivity contribution >= 4 is 17.5 Å². The first kappa shape index (κ1) is 21.7. The van der Waals surface area contributed by atoms with Gasteiger partial charge in [-0.25, -0.2) is 9.67 Å². The van der Waals surface area contributed by atoms with Crippen LogP contribution in [0.1, 0.15) is 33.6 Å². The second-order valence-electron chi connectivity index (χ2n) is 9.15. The molecular formula is C25H29N5O2. The lowest BCUT2D eigenvalue weighted by molar-refractivity contribution is -0.131. The van der Waals surface area contributed by atoms with Gasteiger partial charge in [-0.3, -0.25) is 9.59 Å². The Morgan fingerprint density at radius 3 is 2.22 bits per heavy atom. The molecule has 0 aliphatic carbocycles. The van der Waals surface area contributed by atoms with Crippen LogP contribution in [0, 0.1) is 5.41 Å². The maximum Gasteiger partial charge on any atom is 0.244 e. The van der Waals surface area contributed by atoms with E-state index in [2.05, 4.69) is 10.4 Å². The fourth-order valence-corrected chi connectivity index (χ4v) is 3.59. The molecule has 166 valence electrons. The van der Waals surface area contributed by atoms with Crippen LogP contribution in [0.5, 0.6) is 0 Å². The number of likely N-dealkylation sites (tertiary alicyclic amines) is 1. The lowest BCUT2D eigenvalue weighted by Gasteiger charge is -2.17. The van der Waals surface area contributed by atoms with Crippen molar-refractivity contribution in [1.29, 1.82) is 0 Å². The molecule has 1 aliphatic rings. The number of amides is 2. The number of rotatable bonds is 5. The Bertz CT molecular complexity index is 1090. The molecule has 7 heteroatoms. The number of carbonyl (C=O) groups excluding carboxylic acids is 2. The number of nitrogens with one attached hydrogen (secondary N) is 1. The van der Waals surface area contributed by atoms with Crippen LogP contribution in [0.2, 0.25) is 0 Å². The van der Waals surface area contributed by atoms with Crippen LogP contribution in [-0.2, 0) is 16.1 Å². The summed E-state index contributed by atoms with van der Waals surface area (Å²) in [6.45, 7) is 7.41. The lowest BCUT2D eigenvalue weighted by Crippen LogP contribution is -2.31. The van der Waals surface area contributed by atoms with Gasteiger partial charge in [-0.2, -0.15) is 0 Å². The van der Waals surface area contributed by atoms with E-state index in [4.69, 9.17) is 4.98 Å². The van der Waals surface area contributed by atoms with Crippen molar-refractivity contribution in [1.82, 2.24) is 19.7 Å². The minimum Gasteiger partial charge on any atom is -0.341 e. The van der Waals surface area contributed by atoms with Crippen LogP contribution in [0.15, 0.2) is 54.6 Å². The summed E-state index contributed by atoms with van der Waals surface area (Å²) < 4.78 is 1.70. The van der Waals surface area contributed by atoms with Gasteiger partial charge in [0.15, 0.2) is 11.6 Å². The van der Waals surface area contributed by atoms with Gasteiger partial charge in [0.25, 0.3) is 0 Å². The second-order valence-corrected chi connectivity index (χ2v) is 9.15. The Balaban J connectivity index is 1.60. The van der Waals surface area contributed by atoms with E-state index in [0.29, 0.717) is 11.6 Å². The Labute approximate surface area is 188 Å². The highest BCUT2D eigenvalue weighted by Gasteiger charge is 2.23. The van der Waals surface area contributed by atoms with E-state index in [9.17, 15) is 9.59 Å². The summed E-state index contributed by atoms with van der Waals surface area (Å²) in [5.41, 5.74) is 1.99. The summed E-state index contributed by atoms with van der Waals surface area (Å²) in [5, 5.41) is 7.59. The molecular weight excluding hydrogens is 402 g/mol. The van der Waals surface area contributed by atoms with Gasteiger partial charge in [0.05, 0.1) is 0 Å². The second kappa shape index (κ2) is 8.94. The molecule has 0 radical (unpaired) electrons. The quantitative estimate of drug-likeness (QED) is 0.656. The minimum atomic E-state index is -0.467. The predicted octanol–water partition coefficient (Wildman–Crippen LogP) is 4.22. The molecule has 7 nitrogen and oxygen atoms in total. The van der Waals surface area contributed by atoms with Crippen LogP contribution >= 0.6 is 0 Å². The number of aromatic nitrogens is 3. The molecule has 1 aliphatic heterocycles. The van der Waals surface area contributed by atoms with Gasteiger partial charge in [-0.05, 0) is 37.1 Å². The summed E-state index contributed by atoms with van der Waals surface area (Å²) in [5.74, 6) is 1.24. The third kappa shape index (κ3) is 4.88. The molecule has 0 unspecified atom stereocenters. The first-order valence-corrected chi connectivity index (χ1v) is 11.0. The summed E-state index contributed by atoms with van der Waals surface area (Å²) in [6, 6.07) is 17.2. The SMILES string of the molecule is CC(C)(C)C(=O)Nc1ccc(-c2nc(-c3ccccc3)n(CC(=O)N3CCCC3)n2)cc1. The van der Waals surface area contributed by atoms with Gasteiger partial charge in [-0.15, -0.1) is 5.10 Å². The van der Waals surface area contributed by atoms with Crippen LogP contribution < -0.4 is 5.32 Å². The number of hydrogen-bond donors (Lipinski definition) is 1. The van der Waals surface area contributed by atoms with E-state index >= 15 is 0 Å². The number of benzene rings is 2. The Morgan fingerprint density at radius 2 is 1.59 bits per heavy atom. The van der Waals surface area contributed by atoms with E-state index in [1.54, 1.807) is 4.68 Å². The first-order chi connectivity index (χ1) is 15.3. The van der Waals surface area contributed by atoms with Crippen molar-refractivity contribution in [3.8, 4) is 22.8 Å². The molecule has 2 amide bonds. The molecule has 1 fully saturated rings. The molecule has 1 N–H and O–H groups in total. The van der Waals surface area contributed by atoms with Crippen molar-refractivity contribution in [2.45, 2.75) is 40.2 Å². The van der Waals surface area contributed by atoms with Crippen LogP contribution in [0.4, 0.5) is 5.69 Å². The topological polar surface area (TPSA) is 80.1 Å². The van der Waals surface area contributed by atoms with Gasteiger partial charge in [0.2, 0.25) is 11.8 Å². The zero-order chi connectivity index (χ0) is 22.7. The molecule has 3 aromatic rings.